The molecule has 0 bridgehead atoms. The van der Waals surface area contributed by atoms with Gasteiger partial charge >= 0.3 is 0 Å². The van der Waals surface area contributed by atoms with Crippen LogP contribution in [0.4, 0.5) is 11.4 Å². The van der Waals surface area contributed by atoms with Crippen LogP contribution in [0.1, 0.15) is 33.4 Å². The summed E-state index contributed by atoms with van der Waals surface area (Å²) in [7, 11) is 0. The van der Waals surface area contributed by atoms with Crippen LogP contribution in [0, 0.1) is 13.8 Å². The quantitative estimate of drug-likeness (QED) is 0.266. The molecule has 2 nitrogen and oxygen atoms in total. The lowest BCUT2D eigenvalue weighted by Crippen LogP contribution is -2.28. The van der Waals surface area contributed by atoms with E-state index in [4.69, 9.17) is 11.5 Å². The van der Waals surface area contributed by atoms with Gasteiger partial charge < -0.3 is 11.5 Å². The van der Waals surface area contributed by atoms with Gasteiger partial charge in [-0.15, -0.1) is 0 Å². The minimum atomic E-state index is -0.325. The lowest BCUT2D eigenvalue weighted by molar-refractivity contribution is 0.768. The van der Waals surface area contributed by atoms with Gasteiger partial charge in [-0.05, 0) is 71.5 Å². The minimum absolute atomic E-state index is 0.325. The molecule has 35 heavy (non-hydrogen) atoms. The van der Waals surface area contributed by atoms with Crippen LogP contribution in [0.5, 0.6) is 0 Å². The summed E-state index contributed by atoms with van der Waals surface area (Å²) in [4.78, 5) is 0. The van der Waals surface area contributed by atoms with E-state index in [0.29, 0.717) is 0 Å². The van der Waals surface area contributed by atoms with E-state index in [1.165, 1.54) is 44.5 Å². The molecule has 2 heteroatoms. The second-order valence-corrected chi connectivity index (χ2v) is 9.24. The summed E-state index contributed by atoms with van der Waals surface area (Å²) in [5.41, 5.74) is 23.1. The molecule has 5 aromatic carbocycles. The van der Waals surface area contributed by atoms with Gasteiger partial charge in [-0.1, -0.05) is 108 Å². The molecular weight excluding hydrogens is 424 g/mol. The highest BCUT2D eigenvalue weighted by molar-refractivity contribution is 5.86. The molecule has 0 spiro atoms. The molecule has 5 aromatic rings. The van der Waals surface area contributed by atoms with Crippen LogP contribution in [0.2, 0.25) is 0 Å². The monoisotopic (exact) mass is 454 g/mol. The first-order chi connectivity index (χ1) is 17.0. The highest BCUT2D eigenvalue weighted by Gasteiger charge is 2.45. The van der Waals surface area contributed by atoms with Crippen LogP contribution in [0.15, 0.2) is 121 Å². The minimum Gasteiger partial charge on any atom is -0.399 e. The highest BCUT2D eigenvalue weighted by atomic mass is 14.5. The molecule has 0 radical (unpaired) electrons. The molecule has 4 N–H and O–H groups in total. The largest absolute Gasteiger partial charge is 0.399 e. The molecule has 0 atom stereocenters. The smallest absolute Gasteiger partial charge is 0.0713 e. The molecule has 0 fully saturated rings. The van der Waals surface area contributed by atoms with Crippen LogP contribution in [0.25, 0.3) is 11.1 Å². The molecule has 1 aliphatic carbocycles. The Morgan fingerprint density at radius 3 is 1.20 bits per heavy atom. The fraction of sp³-hybridized carbons (Fsp3) is 0.0909. The van der Waals surface area contributed by atoms with Gasteiger partial charge in [0, 0.05) is 11.4 Å². The van der Waals surface area contributed by atoms with Crippen molar-refractivity contribution in [3.05, 3.63) is 155 Å². The summed E-state index contributed by atoms with van der Waals surface area (Å²) in [6.45, 7) is 4.18. The zero-order valence-corrected chi connectivity index (χ0v) is 20.2. The van der Waals surface area contributed by atoms with E-state index in [0.717, 1.165) is 11.4 Å². The standard InChI is InChI=1S/C26H21N.C7H9N/c1-18-10-12-19(13-11-18)26(20-14-16-21(27)17-15-20)24-8-4-2-6-22(24)23-7-3-5-9-25(23)26;1-6-2-4-7(8)5-3-6/h2-17H,27H2,1H3;2-5H,8H2,1H3. The summed E-state index contributed by atoms with van der Waals surface area (Å²) < 4.78 is 0. The Balaban J connectivity index is 0.000000271. The van der Waals surface area contributed by atoms with E-state index < -0.39 is 0 Å². The van der Waals surface area contributed by atoms with Crippen molar-refractivity contribution >= 4 is 11.4 Å². The lowest BCUT2D eigenvalue weighted by Gasteiger charge is -2.34. The first-order valence-corrected chi connectivity index (χ1v) is 11.9. The number of hydrogen-bond acceptors (Lipinski definition) is 2. The normalized spacial score (nSPS) is 12.7. The maximum absolute atomic E-state index is 6.02. The Bertz CT molecular complexity index is 1330. The van der Waals surface area contributed by atoms with Crippen LogP contribution < -0.4 is 11.5 Å². The van der Waals surface area contributed by atoms with Crippen molar-refractivity contribution in [1.29, 1.82) is 0 Å². The molecule has 172 valence electrons. The maximum Gasteiger partial charge on any atom is 0.0713 e. The van der Waals surface area contributed by atoms with E-state index in [2.05, 4.69) is 91.9 Å². The Morgan fingerprint density at radius 1 is 0.429 bits per heavy atom. The second-order valence-electron chi connectivity index (χ2n) is 9.24. The zero-order valence-electron chi connectivity index (χ0n) is 20.2. The number of fused-ring (bicyclic) bond motifs is 3. The molecule has 0 aliphatic heterocycles. The third kappa shape index (κ3) is 3.98. The van der Waals surface area contributed by atoms with E-state index in [1.807, 2.05) is 43.3 Å². The molecule has 1 aliphatic rings. The van der Waals surface area contributed by atoms with E-state index in [9.17, 15) is 0 Å². The summed E-state index contributed by atoms with van der Waals surface area (Å²) >= 11 is 0. The molecule has 0 heterocycles. The van der Waals surface area contributed by atoms with Gasteiger partial charge in [0.15, 0.2) is 0 Å². The number of anilines is 2. The van der Waals surface area contributed by atoms with Crippen molar-refractivity contribution in [3.63, 3.8) is 0 Å². The molecule has 0 saturated carbocycles. The van der Waals surface area contributed by atoms with Gasteiger partial charge in [0.05, 0.1) is 5.41 Å². The van der Waals surface area contributed by atoms with Gasteiger partial charge in [0.2, 0.25) is 0 Å². The number of benzene rings is 5. The Labute approximate surface area is 207 Å². The molecular formula is C33H30N2. The summed E-state index contributed by atoms with van der Waals surface area (Å²) in [5.74, 6) is 0. The topological polar surface area (TPSA) is 52.0 Å². The molecule has 0 aromatic heterocycles. The number of nitrogen functional groups attached to an aromatic ring is 2. The molecule has 0 amide bonds. The summed E-state index contributed by atoms with van der Waals surface area (Å²) in [6.07, 6.45) is 0. The molecule has 0 saturated heterocycles. The number of rotatable bonds is 2. The summed E-state index contributed by atoms with van der Waals surface area (Å²) in [5, 5.41) is 0. The first kappa shape index (κ1) is 22.5. The number of hydrogen-bond donors (Lipinski definition) is 2. The van der Waals surface area contributed by atoms with Gasteiger partial charge in [-0.2, -0.15) is 0 Å². The summed E-state index contributed by atoms with van der Waals surface area (Å²) in [6, 6.07) is 42.7. The molecule has 6 rings (SSSR count). The Kier molecular flexibility index (Phi) is 5.88. The van der Waals surface area contributed by atoms with Crippen LogP contribution >= 0.6 is 0 Å². The third-order valence-corrected chi connectivity index (χ3v) is 6.86. The SMILES string of the molecule is Cc1ccc(C2(c3ccc(N)cc3)c3ccccc3-c3ccccc32)cc1.Cc1ccc(N)cc1. The van der Waals surface area contributed by atoms with Crippen LogP contribution in [0.3, 0.4) is 0 Å². The Morgan fingerprint density at radius 2 is 0.771 bits per heavy atom. The highest BCUT2D eigenvalue weighted by Crippen LogP contribution is 2.55. The van der Waals surface area contributed by atoms with Crippen molar-refractivity contribution in [2.24, 2.45) is 0 Å². The van der Waals surface area contributed by atoms with Crippen LogP contribution in [-0.2, 0) is 5.41 Å². The van der Waals surface area contributed by atoms with Crippen molar-refractivity contribution in [2.45, 2.75) is 19.3 Å². The predicted molar refractivity (Wildman–Crippen MR) is 148 cm³/mol. The lowest BCUT2D eigenvalue weighted by atomic mass is 9.67. The second kappa shape index (κ2) is 9.15. The van der Waals surface area contributed by atoms with E-state index >= 15 is 0 Å². The van der Waals surface area contributed by atoms with Gasteiger partial charge in [0.1, 0.15) is 0 Å². The average molecular weight is 455 g/mol. The van der Waals surface area contributed by atoms with Gasteiger partial charge in [-0.25, -0.2) is 0 Å². The maximum atomic E-state index is 6.02. The fourth-order valence-corrected chi connectivity index (χ4v) is 5.13. The zero-order chi connectivity index (χ0) is 24.4. The van der Waals surface area contributed by atoms with Crippen molar-refractivity contribution < 1.29 is 0 Å². The van der Waals surface area contributed by atoms with Gasteiger partial charge in [0.25, 0.3) is 0 Å². The van der Waals surface area contributed by atoms with E-state index in [-0.39, 0.29) is 5.41 Å². The average Bonchev–Trinajstić information content (AvgIpc) is 3.19. The Hall–Kier alpha value is -4.30. The van der Waals surface area contributed by atoms with Crippen molar-refractivity contribution in [1.82, 2.24) is 0 Å². The first-order valence-electron chi connectivity index (χ1n) is 11.9. The van der Waals surface area contributed by atoms with Crippen molar-refractivity contribution in [3.8, 4) is 11.1 Å². The van der Waals surface area contributed by atoms with Crippen molar-refractivity contribution in [2.75, 3.05) is 11.5 Å². The number of aryl methyl sites for hydroxylation is 2. The number of nitrogens with two attached hydrogens (primary N) is 2. The van der Waals surface area contributed by atoms with E-state index in [1.54, 1.807) is 0 Å². The third-order valence-electron chi connectivity index (χ3n) is 6.86. The van der Waals surface area contributed by atoms with Gasteiger partial charge in [-0.3, -0.25) is 0 Å². The fourth-order valence-electron chi connectivity index (χ4n) is 5.13. The van der Waals surface area contributed by atoms with Crippen LogP contribution in [-0.4, -0.2) is 0 Å². The molecule has 0 unspecified atom stereocenters. The predicted octanol–water partition coefficient (Wildman–Crippen LogP) is 7.52.